The normalized spacial score (nSPS) is 20.2. The molecule has 0 radical (unpaired) electrons. The minimum absolute atomic E-state index is 0.0124. The number of likely N-dealkylation sites (tertiary alicyclic amines) is 1. The van der Waals surface area contributed by atoms with Crippen LogP contribution in [0, 0.1) is 11.7 Å². The molecule has 3 aromatic rings. The lowest BCUT2D eigenvalue weighted by molar-refractivity contribution is -0.139. The Hall–Kier alpha value is -3.26. The summed E-state index contributed by atoms with van der Waals surface area (Å²) >= 11 is 0. The van der Waals surface area contributed by atoms with Crippen LogP contribution in [-0.2, 0) is 9.59 Å². The summed E-state index contributed by atoms with van der Waals surface area (Å²) in [5.74, 6) is -0.229. The Balaban J connectivity index is 1.42. The first-order chi connectivity index (χ1) is 18.0. The van der Waals surface area contributed by atoms with Gasteiger partial charge < -0.3 is 20.1 Å². The summed E-state index contributed by atoms with van der Waals surface area (Å²) in [6, 6.07) is 7.75. The monoisotopic (exact) mass is 505 g/mol. The molecule has 0 bridgehead atoms. The van der Waals surface area contributed by atoms with Crippen LogP contribution in [0.2, 0.25) is 0 Å². The highest BCUT2D eigenvalue weighted by atomic mass is 19.1. The SMILES string of the molecule is CN[C@@H](C)C(=O)N[C@H](C(=O)N1CCC[C@H]1c1cncc(-n2ccc3cc(F)ccc32)c1)C1CCCCC1. The number of halogens is 1. The average molecular weight is 506 g/mol. The lowest BCUT2D eigenvalue weighted by Crippen LogP contribution is -2.55. The Morgan fingerprint density at radius 1 is 1.05 bits per heavy atom. The molecule has 2 amide bonds. The molecule has 37 heavy (non-hydrogen) atoms. The van der Waals surface area contributed by atoms with Crippen molar-refractivity contribution in [2.45, 2.75) is 70.0 Å². The Labute approximate surface area is 217 Å². The number of hydrogen-bond donors (Lipinski definition) is 2. The molecular formula is C29H36FN5O2. The molecule has 5 rings (SSSR count). The quantitative estimate of drug-likeness (QED) is 0.496. The highest BCUT2D eigenvalue weighted by molar-refractivity contribution is 5.90. The number of carbonyl (C=O) groups excluding carboxylic acids is 2. The highest BCUT2D eigenvalue weighted by Gasteiger charge is 2.39. The van der Waals surface area contributed by atoms with Gasteiger partial charge in [0.2, 0.25) is 11.8 Å². The van der Waals surface area contributed by atoms with Gasteiger partial charge in [0.25, 0.3) is 0 Å². The fraction of sp³-hybridized carbons (Fsp3) is 0.483. The maximum Gasteiger partial charge on any atom is 0.245 e. The number of benzene rings is 1. The first-order valence-corrected chi connectivity index (χ1v) is 13.5. The van der Waals surface area contributed by atoms with E-state index in [1.165, 1.54) is 18.6 Å². The summed E-state index contributed by atoms with van der Waals surface area (Å²) in [6.07, 6.45) is 12.6. The third-order valence-corrected chi connectivity index (χ3v) is 8.11. The average Bonchev–Trinajstić information content (AvgIpc) is 3.58. The number of carbonyl (C=O) groups is 2. The first kappa shape index (κ1) is 25.4. The number of nitrogens with one attached hydrogen (secondary N) is 2. The third kappa shape index (κ3) is 5.25. The predicted molar refractivity (Wildman–Crippen MR) is 142 cm³/mol. The van der Waals surface area contributed by atoms with E-state index < -0.39 is 6.04 Å². The predicted octanol–water partition coefficient (Wildman–Crippen LogP) is 4.50. The van der Waals surface area contributed by atoms with Crippen LogP contribution in [0.25, 0.3) is 16.6 Å². The molecule has 1 aromatic carbocycles. The number of rotatable bonds is 7. The molecule has 1 saturated heterocycles. The van der Waals surface area contributed by atoms with E-state index in [1.54, 1.807) is 19.3 Å². The van der Waals surface area contributed by atoms with Crippen LogP contribution in [0.1, 0.15) is 63.5 Å². The van der Waals surface area contributed by atoms with Gasteiger partial charge in [-0.2, -0.15) is 0 Å². The van der Waals surface area contributed by atoms with Gasteiger partial charge in [-0.3, -0.25) is 14.6 Å². The first-order valence-electron chi connectivity index (χ1n) is 13.5. The number of hydrogen-bond acceptors (Lipinski definition) is 4. The van der Waals surface area contributed by atoms with E-state index in [0.717, 1.165) is 60.7 Å². The van der Waals surface area contributed by atoms with Gasteiger partial charge in [-0.15, -0.1) is 0 Å². The van der Waals surface area contributed by atoms with Crippen molar-refractivity contribution in [2.24, 2.45) is 5.92 Å². The molecule has 1 saturated carbocycles. The van der Waals surface area contributed by atoms with E-state index in [-0.39, 0.29) is 35.6 Å². The standard InChI is InChI=1S/C29H36FN5O2/c1-19(31-2)28(36)33-27(20-7-4-3-5-8-20)29(37)35-13-6-9-25(35)22-16-24(18-32-17-22)34-14-12-21-15-23(30)10-11-26(21)34/h10-12,14-20,25,27,31H,3-9,13H2,1-2H3,(H,33,36)/t19-,25-,27-/m0/s1. The van der Waals surface area contributed by atoms with Crippen molar-refractivity contribution in [2.75, 3.05) is 13.6 Å². The smallest absolute Gasteiger partial charge is 0.245 e. The summed E-state index contributed by atoms with van der Waals surface area (Å²) in [5.41, 5.74) is 2.75. The minimum Gasteiger partial charge on any atom is -0.343 e. The Kier molecular flexibility index (Phi) is 7.55. The van der Waals surface area contributed by atoms with Crippen molar-refractivity contribution in [1.29, 1.82) is 0 Å². The van der Waals surface area contributed by atoms with Gasteiger partial charge in [0.15, 0.2) is 0 Å². The molecule has 7 nitrogen and oxygen atoms in total. The maximum atomic E-state index is 14.0. The second-order valence-electron chi connectivity index (χ2n) is 10.4. The van der Waals surface area contributed by atoms with Crippen molar-refractivity contribution >= 4 is 22.7 Å². The zero-order valence-electron chi connectivity index (χ0n) is 21.6. The summed E-state index contributed by atoms with van der Waals surface area (Å²) in [6.45, 7) is 2.48. The van der Waals surface area contributed by atoms with Gasteiger partial charge >= 0.3 is 0 Å². The zero-order valence-corrected chi connectivity index (χ0v) is 21.6. The number of nitrogens with zero attached hydrogens (tertiary/aromatic N) is 3. The highest BCUT2D eigenvalue weighted by Crippen LogP contribution is 2.35. The molecule has 2 aliphatic rings. The summed E-state index contributed by atoms with van der Waals surface area (Å²) in [4.78, 5) is 33.3. The van der Waals surface area contributed by atoms with Gasteiger partial charge in [0.1, 0.15) is 11.9 Å². The van der Waals surface area contributed by atoms with Gasteiger partial charge in [0.05, 0.1) is 29.5 Å². The summed E-state index contributed by atoms with van der Waals surface area (Å²) in [7, 11) is 1.75. The summed E-state index contributed by atoms with van der Waals surface area (Å²) in [5, 5.41) is 6.91. The van der Waals surface area contributed by atoms with Crippen molar-refractivity contribution in [3.8, 4) is 5.69 Å². The van der Waals surface area contributed by atoms with Gasteiger partial charge in [-0.1, -0.05) is 19.3 Å². The number of aromatic nitrogens is 2. The molecule has 2 fully saturated rings. The van der Waals surface area contributed by atoms with Crippen LogP contribution in [-0.4, -0.2) is 51.9 Å². The van der Waals surface area contributed by atoms with E-state index in [9.17, 15) is 14.0 Å². The number of amides is 2. The molecule has 0 unspecified atom stereocenters. The zero-order chi connectivity index (χ0) is 25.9. The van der Waals surface area contributed by atoms with Gasteiger partial charge in [0, 0.05) is 24.3 Å². The van der Waals surface area contributed by atoms with Crippen molar-refractivity contribution in [3.63, 3.8) is 0 Å². The van der Waals surface area contributed by atoms with Crippen LogP contribution in [0.3, 0.4) is 0 Å². The topological polar surface area (TPSA) is 79.3 Å². The Bertz CT molecular complexity index is 1270. The lowest BCUT2D eigenvalue weighted by atomic mass is 9.83. The molecular weight excluding hydrogens is 469 g/mol. The largest absolute Gasteiger partial charge is 0.343 e. The van der Waals surface area contributed by atoms with Crippen LogP contribution in [0.5, 0.6) is 0 Å². The number of fused-ring (bicyclic) bond motifs is 1. The Morgan fingerprint density at radius 3 is 2.65 bits per heavy atom. The van der Waals surface area contributed by atoms with Gasteiger partial charge in [-0.25, -0.2) is 4.39 Å². The molecule has 2 N–H and O–H groups in total. The molecule has 1 aliphatic heterocycles. The molecule has 3 heterocycles. The van der Waals surface area contributed by atoms with E-state index in [2.05, 4.69) is 21.7 Å². The number of pyridine rings is 1. The van der Waals surface area contributed by atoms with Crippen LogP contribution >= 0.6 is 0 Å². The fourth-order valence-corrected chi connectivity index (χ4v) is 5.91. The van der Waals surface area contributed by atoms with Gasteiger partial charge in [-0.05, 0) is 81.5 Å². The van der Waals surface area contributed by atoms with E-state index in [4.69, 9.17) is 0 Å². The molecule has 196 valence electrons. The van der Waals surface area contributed by atoms with Crippen LogP contribution in [0.4, 0.5) is 4.39 Å². The van der Waals surface area contributed by atoms with E-state index in [0.29, 0.717) is 6.54 Å². The minimum atomic E-state index is -0.511. The second kappa shape index (κ2) is 11.0. The fourth-order valence-electron chi connectivity index (χ4n) is 5.91. The van der Waals surface area contributed by atoms with Crippen molar-refractivity contribution in [1.82, 2.24) is 25.1 Å². The van der Waals surface area contributed by atoms with Crippen molar-refractivity contribution < 1.29 is 14.0 Å². The molecule has 1 aliphatic carbocycles. The Morgan fingerprint density at radius 2 is 1.86 bits per heavy atom. The van der Waals surface area contributed by atoms with Crippen LogP contribution < -0.4 is 10.6 Å². The third-order valence-electron chi connectivity index (χ3n) is 8.11. The van der Waals surface area contributed by atoms with E-state index in [1.807, 2.05) is 34.9 Å². The van der Waals surface area contributed by atoms with Crippen LogP contribution in [0.15, 0.2) is 48.9 Å². The maximum absolute atomic E-state index is 14.0. The number of likely N-dealkylation sites (N-methyl/N-ethyl adjacent to an activating group) is 1. The van der Waals surface area contributed by atoms with E-state index >= 15 is 0 Å². The molecule has 0 spiro atoms. The molecule has 8 heteroatoms. The second-order valence-corrected chi connectivity index (χ2v) is 10.4. The molecule has 3 atom stereocenters. The lowest BCUT2D eigenvalue weighted by Gasteiger charge is -2.35. The molecule has 2 aromatic heterocycles. The van der Waals surface area contributed by atoms with Crippen molar-refractivity contribution in [3.05, 3.63) is 60.3 Å². The summed E-state index contributed by atoms with van der Waals surface area (Å²) < 4.78 is 15.7.